The molecule has 4 heterocycles. The van der Waals surface area contributed by atoms with Crippen molar-refractivity contribution in [2.24, 2.45) is 17.8 Å². The Hall–Kier alpha value is -4.08. The summed E-state index contributed by atoms with van der Waals surface area (Å²) in [5.74, 6) is -4.72. The average Bonchev–Trinajstić information content (AvgIpc) is 4.50. The number of carbonyl (C=O) groups excluding carboxylic acids is 2. The third-order valence-corrected chi connectivity index (χ3v) is 17.6. The Morgan fingerprint density at radius 2 is 1.55 bits per heavy atom. The number of hydrogen-bond donors (Lipinski definition) is 6. The van der Waals surface area contributed by atoms with Gasteiger partial charge in [-0.1, -0.05) is 20.8 Å². The van der Waals surface area contributed by atoms with E-state index in [0.717, 1.165) is 18.5 Å². The Morgan fingerprint density at radius 1 is 0.892 bits per heavy atom. The highest BCUT2D eigenvalue weighted by molar-refractivity contribution is 5.96. The van der Waals surface area contributed by atoms with Crippen molar-refractivity contribution in [1.29, 1.82) is 0 Å². The summed E-state index contributed by atoms with van der Waals surface area (Å²) in [6.07, 6.45) is -6.02. The van der Waals surface area contributed by atoms with E-state index >= 15 is 0 Å². The molecule has 2 aromatic rings. The minimum atomic E-state index is -1.87. The molecule has 1 aromatic carbocycles. The van der Waals surface area contributed by atoms with Gasteiger partial charge in [0, 0.05) is 76.3 Å². The maximum Gasteiger partial charge on any atom is 0.341 e. The third-order valence-electron chi connectivity index (χ3n) is 17.6. The quantitative estimate of drug-likeness (QED) is 0.0746. The molecule has 0 bridgehead atoms. The van der Waals surface area contributed by atoms with Crippen molar-refractivity contribution in [3.63, 3.8) is 0 Å². The summed E-state index contributed by atoms with van der Waals surface area (Å²) in [6.45, 7) is 19.0. The number of esters is 2. The average molecular weight is 1180 g/mol. The molecule has 18 atom stereocenters. The summed E-state index contributed by atoms with van der Waals surface area (Å²) in [5, 5.41) is 61.6. The molecular formula is C60H99N5O18. The number of rotatable bonds is 21. The smallest absolute Gasteiger partial charge is 0.341 e. The zero-order valence-corrected chi connectivity index (χ0v) is 52.0. The van der Waals surface area contributed by atoms with Gasteiger partial charge >= 0.3 is 17.9 Å². The number of methoxy groups -OCH3 is 1. The summed E-state index contributed by atoms with van der Waals surface area (Å²) in [4.78, 5) is 59.0. The number of fused-ring (bicyclic) bond motifs is 1. The van der Waals surface area contributed by atoms with Crippen molar-refractivity contribution in [3.8, 4) is 0 Å². The van der Waals surface area contributed by atoms with Gasteiger partial charge in [-0.05, 0) is 120 Å². The van der Waals surface area contributed by atoms with Gasteiger partial charge in [-0.3, -0.25) is 14.4 Å². The van der Waals surface area contributed by atoms with Crippen LogP contribution in [0.25, 0.3) is 10.9 Å². The summed E-state index contributed by atoms with van der Waals surface area (Å²) >= 11 is 0. The van der Waals surface area contributed by atoms with Crippen molar-refractivity contribution in [1.82, 2.24) is 14.4 Å². The van der Waals surface area contributed by atoms with Crippen LogP contribution in [-0.2, 0) is 52.2 Å². The van der Waals surface area contributed by atoms with Crippen LogP contribution in [0, 0.1) is 17.8 Å². The second kappa shape index (κ2) is 28.6. The summed E-state index contributed by atoms with van der Waals surface area (Å²) in [6, 6.07) is 2.85. The van der Waals surface area contributed by atoms with E-state index in [-0.39, 0.29) is 81.8 Å². The molecule has 0 spiro atoms. The number of nitrogens with one attached hydrogen (secondary N) is 1. The van der Waals surface area contributed by atoms with Gasteiger partial charge in [-0.2, -0.15) is 0 Å². The number of aromatic nitrogens is 1. The molecule has 23 nitrogen and oxygen atoms in total. The lowest BCUT2D eigenvalue weighted by Crippen LogP contribution is -2.61. The van der Waals surface area contributed by atoms with Crippen molar-refractivity contribution < 1.29 is 82.5 Å². The number of ether oxygens (including phenoxy) is 9. The fourth-order valence-electron chi connectivity index (χ4n) is 12.6. The zero-order valence-electron chi connectivity index (χ0n) is 52.0. The van der Waals surface area contributed by atoms with Crippen LogP contribution < -0.4 is 15.6 Å². The minimum absolute atomic E-state index is 0.0245. The largest absolute Gasteiger partial charge is 0.477 e. The van der Waals surface area contributed by atoms with Crippen molar-refractivity contribution >= 4 is 40.2 Å². The lowest BCUT2D eigenvalue weighted by Gasteiger charge is -2.49. The van der Waals surface area contributed by atoms with Crippen LogP contribution in [-0.4, -0.2) is 230 Å². The van der Waals surface area contributed by atoms with Gasteiger partial charge in [0.2, 0.25) is 5.43 Å². The summed E-state index contributed by atoms with van der Waals surface area (Å²) in [5.41, 5.74) is -3.31. The monoisotopic (exact) mass is 1180 g/mol. The maximum absolute atomic E-state index is 14.6. The van der Waals surface area contributed by atoms with Crippen LogP contribution in [0.2, 0.25) is 0 Å². The number of pyridine rings is 1. The highest BCUT2D eigenvalue weighted by atomic mass is 16.7. The topological polar surface area (TPSA) is 279 Å². The number of anilines is 2. The summed E-state index contributed by atoms with van der Waals surface area (Å²) in [7, 11) is 10.9. The first kappa shape index (κ1) is 68.0. The predicted molar refractivity (Wildman–Crippen MR) is 311 cm³/mol. The van der Waals surface area contributed by atoms with Crippen molar-refractivity contribution in [3.05, 3.63) is 34.1 Å². The van der Waals surface area contributed by atoms with Gasteiger partial charge < -0.3 is 92.7 Å². The normalized spacial score (nSPS) is 36.3. The van der Waals surface area contributed by atoms with Crippen LogP contribution in [0.5, 0.6) is 0 Å². The molecule has 1 aliphatic carbocycles. The number of cyclic esters (lactones) is 1. The molecule has 3 saturated heterocycles. The van der Waals surface area contributed by atoms with E-state index in [4.69, 9.17) is 42.6 Å². The lowest BCUT2D eigenvalue weighted by molar-refractivity contribution is -0.318. The number of carboxylic acids is 1. The van der Waals surface area contributed by atoms with Gasteiger partial charge in [-0.25, -0.2) is 4.79 Å². The first-order valence-corrected chi connectivity index (χ1v) is 29.6. The molecule has 0 amide bonds. The van der Waals surface area contributed by atoms with E-state index in [1.807, 2.05) is 74.4 Å². The number of carboxylic acid groups (broad SMARTS) is 1. The van der Waals surface area contributed by atoms with Gasteiger partial charge in [0.25, 0.3) is 0 Å². The zero-order chi connectivity index (χ0) is 61.6. The third kappa shape index (κ3) is 16.3. The molecule has 6 N–H and O–H groups in total. The molecule has 3 aliphatic heterocycles. The molecule has 23 heteroatoms. The molecule has 1 unspecified atom stereocenters. The number of benzene rings is 1. The van der Waals surface area contributed by atoms with Gasteiger partial charge in [0.05, 0.1) is 85.7 Å². The maximum atomic E-state index is 14.6. The van der Waals surface area contributed by atoms with E-state index in [1.165, 1.54) is 20.2 Å². The SMILES string of the molecule is CC[C@H]1OC(=O)[C@H](C)[C@@H](O[C@H]2C[C@@](C)(OC)[C@@H](OC(=O)CCOCCOCCNc3cc4c(=O)c(C(=O)O)cn(C5CC5)c4cc3N(C)C)[C@H](C)O2)[C@H](C)[C@@H](OC2O[C@H](C)C[C@H](N(C)C)[C@H]2O)[C@](C)(O)C[C@@H](C)CN(C)[C@H](C)[C@@H](O)[C@]1(C)O. The number of carbonyl (C=O) groups is 3. The van der Waals surface area contributed by atoms with Crippen LogP contribution in [0.3, 0.4) is 0 Å². The van der Waals surface area contributed by atoms with Crippen LogP contribution >= 0.6 is 0 Å². The molecular weight excluding hydrogens is 1080 g/mol. The molecule has 4 aliphatic rings. The number of likely N-dealkylation sites (N-methyl/N-ethyl adjacent to an activating group) is 2. The van der Waals surface area contributed by atoms with E-state index < -0.39 is 113 Å². The van der Waals surface area contributed by atoms with E-state index in [1.54, 1.807) is 54.5 Å². The number of aliphatic hydroxyl groups is 4. The molecule has 472 valence electrons. The van der Waals surface area contributed by atoms with Crippen LogP contribution in [0.15, 0.2) is 23.1 Å². The first-order valence-electron chi connectivity index (χ1n) is 29.6. The fourth-order valence-corrected chi connectivity index (χ4v) is 12.6. The molecule has 6 rings (SSSR count). The lowest BCUT2D eigenvalue weighted by atomic mass is 9.77. The highest BCUT2D eigenvalue weighted by Gasteiger charge is 2.54. The van der Waals surface area contributed by atoms with Gasteiger partial charge in [-0.15, -0.1) is 0 Å². The standard InChI is InChI=1S/C60H99N5O18/c1-17-46-60(10,74)52(69)37(6)64(15)31-33(2)29-58(8,73)53(83-57-50(68)45(63(13)14)26-34(3)78-57)35(4)51(36(5)56(72)80-46)82-48-30-59(9,75-16)54(38(7)79-48)81-47(66)20-22-76-24-25-77-23-21-61-42-27-40-43(28-44(42)62(11)12)65(39-18-19-39)32-41(49(40)67)55(70)71/h27-28,32-39,45-46,48,50-54,57,61,68-69,73-74H,17-26,29-31H2,1-16H3,(H,70,71)/t33-,34-,35+,36-,37-,38+,45+,46-,48+,50-,51+,52-,53-,54+,57?,58-,59-,60-/m1/s1. The molecule has 83 heavy (non-hydrogen) atoms. The fraction of sp³-hybridized carbons (Fsp3) is 0.800. The Morgan fingerprint density at radius 3 is 2.16 bits per heavy atom. The van der Waals surface area contributed by atoms with Gasteiger partial charge in [0.15, 0.2) is 18.7 Å². The number of hydrogen-bond acceptors (Lipinski definition) is 21. The van der Waals surface area contributed by atoms with Gasteiger partial charge in [0.1, 0.15) is 35.1 Å². The highest BCUT2D eigenvalue weighted by Crippen LogP contribution is 2.42. The number of nitrogens with zero attached hydrogens (tertiary/aromatic N) is 4. The Labute approximate surface area is 490 Å². The second-order valence-corrected chi connectivity index (χ2v) is 25.1. The van der Waals surface area contributed by atoms with Crippen molar-refractivity contribution in [2.45, 2.75) is 211 Å². The number of aromatic carboxylic acids is 1. The minimum Gasteiger partial charge on any atom is -0.477 e. The molecule has 4 fully saturated rings. The van der Waals surface area contributed by atoms with Crippen molar-refractivity contribution in [2.75, 3.05) is 92.1 Å². The van der Waals surface area contributed by atoms with E-state index in [2.05, 4.69) is 5.32 Å². The summed E-state index contributed by atoms with van der Waals surface area (Å²) < 4.78 is 58.3. The van der Waals surface area contributed by atoms with E-state index in [0.29, 0.717) is 36.1 Å². The molecule has 1 aromatic heterocycles. The number of aliphatic hydroxyl groups excluding tert-OH is 2. The van der Waals surface area contributed by atoms with Crippen LogP contribution in [0.4, 0.5) is 11.4 Å². The molecule has 0 radical (unpaired) electrons. The Balaban J connectivity index is 1.11. The Kier molecular flexibility index (Phi) is 23.5. The van der Waals surface area contributed by atoms with E-state index in [9.17, 15) is 44.7 Å². The molecule has 1 saturated carbocycles. The predicted octanol–water partition coefficient (Wildman–Crippen LogP) is 4.40. The second-order valence-electron chi connectivity index (χ2n) is 25.1. The Bertz CT molecular complexity index is 2540. The van der Waals surface area contributed by atoms with Crippen LogP contribution in [0.1, 0.15) is 131 Å². The first-order chi connectivity index (χ1) is 38.9.